The zero-order chi connectivity index (χ0) is 18.8. The summed E-state index contributed by atoms with van der Waals surface area (Å²) in [6.45, 7) is 4.79. The van der Waals surface area contributed by atoms with Crippen LogP contribution in [0.25, 0.3) is 0 Å². The van der Waals surface area contributed by atoms with Gasteiger partial charge in [0.1, 0.15) is 11.6 Å². The molecule has 1 aliphatic heterocycles. The van der Waals surface area contributed by atoms with Gasteiger partial charge in [-0.2, -0.15) is 4.39 Å². The van der Waals surface area contributed by atoms with Crippen LogP contribution in [-0.2, 0) is 23.8 Å². The van der Waals surface area contributed by atoms with Crippen LogP contribution < -0.4 is 11.2 Å². The van der Waals surface area contributed by atoms with Crippen molar-refractivity contribution in [3.05, 3.63) is 32.9 Å². The predicted molar refractivity (Wildman–Crippen MR) is 81.2 cm³/mol. The number of rotatable bonds is 5. The smallest absolute Gasteiger partial charge is 0.336 e. The maximum absolute atomic E-state index is 13.5. The van der Waals surface area contributed by atoms with Crippen LogP contribution in [0.15, 0.2) is 15.8 Å². The molecule has 0 amide bonds. The Hall–Kier alpha value is -2.49. The Kier molecular flexibility index (Phi) is 5.41. The number of hydrogen-bond acceptors (Lipinski definition) is 7. The van der Waals surface area contributed by atoms with Crippen molar-refractivity contribution in [1.82, 2.24) is 9.55 Å². The number of aromatic nitrogens is 2. The first kappa shape index (κ1) is 18.8. The Labute approximate surface area is 141 Å². The van der Waals surface area contributed by atoms with Crippen molar-refractivity contribution in [2.24, 2.45) is 5.41 Å². The number of carbonyl (C=O) groups is 2. The van der Waals surface area contributed by atoms with E-state index in [0.717, 1.165) is 4.57 Å². The molecule has 1 aromatic heterocycles. The third kappa shape index (κ3) is 3.48. The highest BCUT2D eigenvalue weighted by Gasteiger charge is 2.56. The number of hydrogen-bond donors (Lipinski definition) is 1. The van der Waals surface area contributed by atoms with Crippen molar-refractivity contribution in [2.75, 3.05) is 13.2 Å². The number of carbonyl (C=O) groups excluding carboxylic acids is 2. The van der Waals surface area contributed by atoms with E-state index >= 15 is 0 Å². The third-order valence-corrected chi connectivity index (χ3v) is 3.95. The molecule has 138 valence electrons. The van der Waals surface area contributed by atoms with Gasteiger partial charge in [0.2, 0.25) is 5.82 Å². The fourth-order valence-corrected chi connectivity index (χ4v) is 2.68. The molecule has 3 atom stereocenters. The molecule has 2 rings (SSSR count). The predicted octanol–water partition coefficient (Wildman–Crippen LogP) is 0.0957. The van der Waals surface area contributed by atoms with E-state index in [4.69, 9.17) is 14.2 Å². The van der Waals surface area contributed by atoms with Crippen molar-refractivity contribution >= 4 is 11.9 Å². The van der Waals surface area contributed by atoms with Gasteiger partial charge in [-0.15, -0.1) is 0 Å². The first-order valence-corrected chi connectivity index (χ1v) is 7.74. The molecular formula is C15H19FN2O7. The molecule has 0 radical (unpaired) electrons. The van der Waals surface area contributed by atoms with Crippen molar-refractivity contribution in [3.8, 4) is 0 Å². The number of nitrogens with zero attached hydrogens (tertiary/aromatic N) is 1. The standard InChI is InChI=1S/C15H19FN2O7/c1-4-23-12(20)10-15(3,13(21)24-5-2)6-9(25-10)18-7-8(16)11(19)17-14(18)22/h7,9-10H,4-6H2,1-3H3,(H,17,19,22)/t9-,10+,15+/m0/s1. The highest BCUT2D eigenvalue weighted by Crippen LogP contribution is 2.44. The van der Waals surface area contributed by atoms with Crippen LogP contribution in [0, 0.1) is 11.2 Å². The normalized spacial score (nSPS) is 25.6. The van der Waals surface area contributed by atoms with Gasteiger partial charge in [0, 0.05) is 6.42 Å². The van der Waals surface area contributed by atoms with Crippen LogP contribution in [0.4, 0.5) is 4.39 Å². The van der Waals surface area contributed by atoms with Gasteiger partial charge in [0.05, 0.1) is 19.4 Å². The molecule has 0 unspecified atom stereocenters. The number of halogens is 1. The lowest BCUT2D eigenvalue weighted by atomic mass is 9.82. The largest absolute Gasteiger partial charge is 0.465 e. The van der Waals surface area contributed by atoms with E-state index in [1.807, 2.05) is 0 Å². The Morgan fingerprint density at radius 1 is 1.36 bits per heavy atom. The molecule has 0 bridgehead atoms. The monoisotopic (exact) mass is 358 g/mol. The summed E-state index contributed by atoms with van der Waals surface area (Å²) in [5, 5.41) is 0. The average Bonchev–Trinajstić information content (AvgIpc) is 2.90. The summed E-state index contributed by atoms with van der Waals surface area (Å²) in [6.07, 6.45) is -1.95. The lowest BCUT2D eigenvalue weighted by molar-refractivity contribution is -0.172. The molecule has 1 fully saturated rings. The van der Waals surface area contributed by atoms with Gasteiger partial charge in [0.15, 0.2) is 6.10 Å². The molecule has 1 N–H and O–H groups in total. The zero-order valence-corrected chi connectivity index (χ0v) is 14.0. The molecule has 25 heavy (non-hydrogen) atoms. The quantitative estimate of drug-likeness (QED) is 0.742. The average molecular weight is 358 g/mol. The second kappa shape index (κ2) is 7.18. The number of H-pyrrole nitrogens is 1. The minimum absolute atomic E-state index is 0.0650. The molecule has 0 aromatic carbocycles. The van der Waals surface area contributed by atoms with Gasteiger partial charge in [-0.25, -0.2) is 9.59 Å². The van der Waals surface area contributed by atoms with E-state index in [1.54, 1.807) is 18.8 Å². The Morgan fingerprint density at radius 3 is 2.60 bits per heavy atom. The van der Waals surface area contributed by atoms with E-state index in [0.29, 0.717) is 6.20 Å². The molecule has 1 aliphatic rings. The van der Waals surface area contributed by atoms with Crippen molar-refractivity contribution < 1.29 is 28.2 Å². The van der Waals surface area contributed by atoms with E-state index in [2.05, 4.69) is 0 Å². The molecule has 0 spiro atoms. The van der Waals surface area contributed by atoms with Gasteiger partial charge in [-0.1, -0.05) is 0 Å². The van der Waals surface area contributed by atoms with E-state index in [-0.39, 0.29) is 19.6 Å². The van der Waals surface area contributed by atoms with Crippen LogP contribution in [0.3, 0.4) is 0 Å². The summed E-state index contributed by atoms with van der Waals surface area (Å²) in [5.41, 5.74) is -3.53. The minimum Gasteiger partial charge on any atom is -0.465 e. The Balaban J connectivity index is 2.43. The molecular weight excluding hydrogens is 339 g/mol. The lowest BCUT2D eigenvalue weighted by Gasteiger charge is -2.25. The van der Waals surface area contributed by atoms with Crippen molar-refractivity contribution in [1.29, 1.82) is 0 Å². The summed E-state index contributed by atoms with van der Waals surface area (Å²) in [7, 11) is 0. The van der Waals surface area contributed by atoms with E-state index in [9.17, 15) is 23.6 Å². The molecule has 10 heteroatoms. The first-order chi connectivity index (χ1) is 11.7. The van der Waals surface area contributed by atoms with Crippen LogP contribution in [0.2, 0.25) is 0 Å². The molecule has 0 saturated carbocycles. The summed E-state index contributed by atoms with van der Waals surface area (Å²) >= 11 is 0. The van der Waals surface area contributed by atoms with Crippen LogP contribution in [0.1, 0.15) is 33.4 Å². The summed E-state index contributed by atoms with van der Waals surface area (Å²) in [6, 6.07) is 0. The van der Waals surface area contributed by atoms with Gasteiger partial charge in [-0.05, 0) is 20.8 Å². The summed E-state index contributed by atoms with van der Waals surface area (Å²) in [5.74, 6) is -2.69. The second-order valence-corrected chi connectivity index (χ2v) is 5.71. The van der Waals surface area contributed by atoms with Crippen LogP contribution in [-0.4, -0.2) is 40.8 Å². The molecule has 1 aromatic rings. The highest BCUT2D eigenvalue weighted by molar-refractivity contribution is 5.87. The number of ether oxygens (including phenoxy) is 3. The highest BCUT2D eigenvalue weighted by atomic mass is 19.1. The lowest BCUT2D eigenvalue weighted by Crippen LogP contribution is -2.43. The number of aromatic amines is 1. The van der Waals surface area contributed by atoms with Gasteiger partial charge < -0.3 is 14.2 Å². The fourth-order valence-electron chi connectivity index (χ4n) is 2.68. The summed E-state index contributed by atoms with van der Waals surface area (Å²) in [4.78, 5) is 49.4. The summed E-state index contributed by atoms with van der Waals surface area (Å²) < 4.78 is 29.7. The van der Waals surface area contributed by atoms with Crippen LogP contribution >= 0.6 is 0 Å². The Bertz CT molecular complexity index is 787. The zero-order valence-electron chi connectivity index (χ0n) is 14.0. The SMILES string of the molecule is CCOC(=O)[C@H]1O[C@H](n2cc(F)c(=O)[nH]c2=O)C[C@@]1(C)C(=O)OCC. The molecule has 1 saturated heterocycles. The molecule has 9 nitrogen and oxygen atoms in total. The maximum atomic E-state index is 13.5. The van der Waals surface area contributed by atoms with Crippen molar-refractivity contribution in [2.45, 2.75) is 39.5 Å². The first-order valence-electron chi connectivity index (χ1n) is 7.74. The van der Waals surface area contributed by atoms with Gasteiger partial charge >= 0.3 is 17.6 Å². The molecule has 0 aliphatic carbocycles. The topological polar surface area (TPSA) is 117 Å². The maximum Gasteiger partial charge on any atom is 0.336 e. The third-order valence-electron chi connectivity index (χ3n) is 3.95. The second-order valence-electron chi connectivity index (χ2n) is 5.71. The van der Waals surface area contributed by atoms with Crippen LogP contribution in [0.5, 0.6) is 0 Å². The van der Waals surface area contributed by atoms with Gasteiger partial charge in [-0.3, -0.25) is 19.1 Å². The number of esters is 2. The minimum atomic E-state index is -1.43. The van der Waals surface area contributed by atoms with E-state index in [1.165, 1.54) is 6.92 Å². The van der Waals surface area contributed by atoms with Crippen molar-refractivity contribution in [3.63, 3.8) is 0 Å². The fraction of sp³-hybridized carbons (Fsp3) is 0.600. The number of nitrogens with one attached hydrogen (secondary N) is 1. The van der Waals surface area contributed by atoms with Gasteiger partial charge in [0.25, 0.3) is 5.56 Å². The Morgan fingerprint density at radius 2 is 2.00 bits per heavy atom. The van der Waals surface area contributed by atoms with E-state index < -0.39 is 46.8 Å². The molecule has 2 heterocycles.